The molecule has 3 heterocycles. The van der Waals surface area contributed by atoms with Crippen molar-refractivity contribution in [1.82, 2.24) is 14.8 Å². The van der Waals surface area contributed by atoms with Gasteiger partial charge in [0.15, 0.2) is 5.13 Å². The number of thiazole rings is 1. The van der Waals surface area contributed by atoms with E-state index in [9.17, 15) is 9.59 Å². The van der Waals surface area contributed by atoms with Gasteiger partial charge in [0, 0.05) is 43.1 Å². The Morgan fingerprint density at radius 1 is 1.16 bits per heavy atom. The summed E-state index contributed by atoms with van der Waals surface area (Å²) < 4.78 is 5.17. The summed E-state index contributed by atoms with van der Waals surface area (Å²) in [7, 11) is 0. The molecule has 0 atom stereocenters. The van der Waals surface area contributed by atoms with E-state index >= 15 is 0 Å². The van der Waals surface area contributed by atoms with Gasteiger partial charge in [-0.1, -0.05) is 23.7 Å². The van der Waals surface area contributed by atoms with Gasteiger partial charge < -0.3 is 9.32 Å². The van der Waals surface area contributed by atoms with E-state index < -0.39 is 0 Å². The number of aromatic nitrogens is 1. The van der Waals surface area contributed by atoms with Crippen LogP contribution in [0.5, 0.6) is 0 Å². The van der Waals surface area contributed by atoms with Gasteiger partial charge in [-0.15, -0.1) is 11.3 Å². The molecule has 9 heteroatoms. The van der Waals surface area contributed by atoms with Crippen LogP contribution in [-0.2, 0) is 17.8 Å². The van der Waals surface area contributed by atoms with Crippen molar-refractivity contribution in [1.29, 1.82) is 0 Å². The third-order valence-corrected chi connectivity index (χ3v) is 6.53. The molecule has 1 fully saturated rings. The third-order valence-electron chi connectivity index (χ3n) is 5.47. The van der Waals surface area contributed by atoms with Crippen LogP contribution in [0.15, 0.2) is 46.4 Å². The Kier molecular flexibility index (Phi) is 7.24. The largest absolute Gasteiger partial charge is 0.469 e. The van der Waals surface area contributed by atoms with Gasteiger partial charge in [-0.25, -0.2) is 4.98 Å². The molecule has 0 unspecified atom stereocenters. The van der Waals surface area contributed by atoms with Gasteiger partial charge in [0.1, 0.15) is 5.76 Å². The molecule has 7 nitrogen and oxygen atoms in total. The van der Waals surface area contributed by atoms with Gasteiger partial charge >= 0.3 is 0 Å². The van der Waals surface area contributed by atoms with Gasteiger partial charge in [-0.3, -0.25) is 19.8 Å². The first-order valence-corrected chi connectivity index (χ1v) is 11.8. The molecule has 168 valence electrons. The van der Waals surface area contributed by atoms with Crippen molar-refractivity contribution >= 4 is 39.9 Å². The van der Waals surface area contributed by atoms with E-state index in [1.54, 1.807) is 13.0 Å². The first kappa shape index (κ1) is 22.5. The molecule has 0 saturated carbocycles. The molecule has 1 aliphatic heterocycles. The third kappa shape index (κ3) is 5.76. The number of furan rings is 1. The average Bonchev–Trinajstić information content (AvgIpc) is 3.32. The fourth-order valence-electron chi connectivity index (χ4n) is 3.72. The van der Waals surface area contributed by atoms with Crippen molar-refractivity contribution in [3.63, 3.8) is 0 Å². The first-order chi connectivity index (χ1) is 15.5. The highest BCUT2D eigenvalue weighted by atomic mass is 35.5. The molecule has 0 spiro atoms. The number of nitrogens with zero attached hydrogens (tertiary/aromatic N) is 3. The topological polar surface area (TPSA) is 78.7 Å². The van der Waals surface area contributed by atoms with E-state index in [0.717, 1.165) is 37.6 Å². The number of amides is 2. The normalized spacial score (nSPS) is 14.9. The molecule has 1 aromatic carbocycles. The second-order valence-electron chi connectivity index (χ2n) is 7.80. The smallest absolute Gasteiger partial charge is 0.260 e. The molecule has 1 N–H and O–H groups in total. The van der Waals surface area contributed by atoms with Gasteiger partial charge in [0.2, 0.25) is 5.91 Å². The van der Waals surface area contributed by atoms with E-state index in [2.05, 4.69) is 15.2 Å². The van der Waals surface area contributed by atoms with Gasteiger partial charge in [0.05, 0.1) is 23.9 Å². The Balaban J connectivity index is 1.28. The summed E-state index contributed by atoms with van der Waals surface area (Å²) in [5.41, 5.74) is 2.36. The Morgan fingerprint density at radius 3 is 2.72 bits per heavy atom. The Hall–Kier alpha value is -2.68. The standard InChI is InChI=1S/C23H25ClN4O3S/c1-16-20(7-12-31-16)22(30)26-23-25-19(15-32-23)13-21(29)28-9-2-8-27(10-11-28)14-17-3-5-18(24)6-4-17/h3-7,12,15H,2,8-11,13-14H2,1H3,(H,25,26,30). The molecule has 32 heavy (non-hydrogen) atoms. The van der Waals surface area contributed by atoms with E-state index in [4.69, 9.17) is 16.0 Å². The summed E-state index contributed by atoms with van der Waals surface area (Å²) in [4.78, 5) is 33.8. The maximum atomic E-state index is 12.8. The first-order valence-electron chi connectivity index (χ1n) is 10.5. The van der Waals surface area contributed by atoms with Crippen LogP contribution in [0.4, 0.5) is 5.13 Å². The lowest BCUT2D eigenvalue weighted by molar-refractivity contribution is -0.130. The lowest BCUT2D eigenvalue weighted by Gasteiger charge is -2.22. The summed E-state index contributed by atoms with van der Waals surface area (Å²) in [5.74, 6) is 0.352. The maximum absolute atomic E-state index is 12.8. The number of benzene rings is 1. The number of hydrogen-bond donors (Lipinski definition) is 1. The molecule has 0 bridgehead atoms. The van der Waals surface area contributed by atoms with Crippen molar-refractivity contribution in [2.24, 2.45) is 0 Å². The average molecular weight is 473 g/mol. The van der Waals surface area contributed by atoms with E-state index in [1.807, 2.05) is 34.5 Å². The molecular formula is C23H25ClN4O3S. The SMILES string of the molecule is Cc1occc1C(=O)Nc1nc(CC(=O)N2CCCN(Cc3ccc(Cl)cc3)CC2)cs1. The van der Waals surface area contributed by atoms with Crippen LogP contribution >= 0.6 is 22.9 Å². The second kappa shape index (κ2) is 10.3. The second-order valence-corrected chi connectivity index (χ2v) is 9.10. The monoisotopic (exact) mass is 472 g/mol. The molecule has 3 aromatic rings. The number of carbonyl (C=O) groups excluding carboxylic acids is 2. The molecular weight excluding hydrogens is 448 g/mol. The van der Waals surface area contributed by atoms with Crippen molar-refractivity contribution in [2.45, 2.75) is 26.3 Å². The summed E-state index contributed by atoms with van der Waals surface area (Å²) >= 11 is 7.28. The minimum Gasteiger partial charge on any atom is -0.469 e. The Morgan fingerprint density at radius 2 is 1.97 bits per heavy atom. The molecule has 0 radical (unpaired) electrons. The number of rotatable bonds is 6. The van der Waals surface area contributed by atoms with Gasteiger partial charge in [-0.2, -0.15) is 0 Å². The van der Waals surface area contributed by atoms with Gasteiger partial charge in [-0.05, 0) is 37.1 Å². The zero-order chi connectivity index (χ0) is 22.5. The Bertz CT molecular complexity index is 1080. The lowest BCUT2D eigenvalue weighted by Crippen LogP contribution is -2.36. The summed E-state index contributed by atoms with van der Waals surface area (Å²) in [6, 6.07) is 9.53. The number of anilines is 1. The van der Waals surface area contributed by atoms with Crippen LogP contribution in [-0.4, -0.2) is 52.8 Å². The van der Waals surface area contributed by atoms with Crippen molar-refractivity contribution in [3.05, 3.63) is 69.6 Å². The predicted octanol–water partition coefficient (Wildman–Crippen LogP) is 4.23. The van der Waals surface area contributed by atoms with Crippen LogP contribution in [0, 0.1) is 6.92 Å². The minimum atomic E-state index is -0.267. The molecule has 1 aliphatic rings. The van der Waals surface area contributed by atoms with Crippen LogP contribution < -0.4 is 5.32 Å². The van der Waals surface area contributed by atoms with Crippen LogP contribution in [0.25, 0.3) is 0 Å². The highest BCUT2D eigenvalue weighted by Crippen LogP contribution is 2.19. The molecule has 4 rings (SSSR count). The predicted molar refractivity (Wildman–Crippen MR) is 125 cm³/mol. The molecule has 2 aromatic heterocycles. The van der Waals surface area contributed by atoms with Gasteiger partial charge in [0.25, 0.3) is 5.91 Å². The Labute approximate surface area is 196 Å². The molecule has 2 amide bonds. The minimum absolute atomic E-state index is 0.0622. The summed E-state index contributed by atoms with van der Waals surface area (Å²) in [6.07, 6.45) is 2.64. The highest BCUT2D eigenvalue weighted by Gasteiger charge is 2.21. The number of carbonyl (C=O) groups is 2. The van der Waals surface area contributed by atoms with Crippen molar-refractivity contribution < 1.29 is 14.0 Å². The van der Waals surface area contributed by atoms with E-state index in [1.165, 1.54) is 23.2 Å². The summed E-state index contributed by atoms with van der Waals surface area (Å²) in [5, 5.41) is 5.80. The molecule has 0 aliphatic carbocycles. The molecule has 1 saturated heterocycles. The number of nitrogens with one attached hydrogen (secondary N) is 1. The van der Waals surface area contributed by atoms with Crippen LogP contribution in [0.1, 0.15) is 33.8 Å². The van der Waals surface area contributed by atoms with E-state index in [0.29, 0.717) is 28.7 Å². The summed E-state index contributed by atoms with van der Waals surface area (Å²) in [6.45, 7) is 5.80. The number of aryl methyl sites for hydroxylation is 1. The zero-order valence-electron chi connectivity index (χ0n) is 17.8. The van der Waals surface area contributed by atoms with Crippen LogP contribution in [0.2, 0.25) is 5.02 Å². The fourth-order valence-corrected chi connectivity index (χ4v) is 4.56. The number of halogens is 1. The fraction of sp³-hybridized carbons (Fsp3) is 0.348. The maximum Gasteiger partial charge on any atom is 0.260 e. The zero-order valence-corrected chi connectivity index (χ0v) is 19.4. The lowest BCUT2D eigenvalue weighted by atomic mass is 10.2. The number of hydrogen-bond acceptors (Lipinski definition) is 6. The van der Waals surface area contributed by atoms with E-state index in [-0.39, 0.29) is 18.2 Å². The quantitative estimate of drug-likeness (QED) is 0.581. The van der Waals surface area contributed by atoms with Crippen molar-refractivity contribution in [3.8, 4) is 0 Å². The van der Waals surface area contributed by atoms with Crippen molar-refractivity contribution in [2.75, 3.05) is 31.5 Å². The highest BCUT2D eigenvalue weighted by molar-refractivity contribution is 7.14. The van der Waals surface area contributed by atoms with Crippen LogP contribution in [0.3, 0.4) is 0 Å².